The van der Waals surface area contributed by atoms with Crippen LogP contribution in [0.3, 0.4) is 0 Å². The van der Waals surface area contributed by atoms with Crippen molar-refractivity contribution in [2.75, 3.05) is 7.05 Å². The number of hydrogen-bond acceptors (Lipinski definition) is 2. The van der Waals surface area contributed by atoms with E-state index in [0.717, 1.165) is 31.0 Å². The van der Waals surface area contributed by atoms with Crippen LogP contribution >= 0.6 is 12.2 Å². The van der Waals surface area contributed by atoms with Crippen molar-refractivity contribution in [2.24, 2.45) is 0 Å². The van der Waals surface area contributed by atoms with Crippen LogP contribution in [-0.4, -0.2) is 21.4 Å². The molecular weight excluding hydrogens is 304 g/mol. The highest BCUT2D eigenvalue weighted by molar-refractivity contribution is 7.71. The van der Waals surface area contributed by atoms with Crippen molar-refractivity contribution in [2.45, 2.75) is 59.3 Å². The molecule has 2 aromatic rings. The number of aryl methyl sites for hydroxylation is 3. The fraction of sp³-hybridized carbons (Fsp3) is 0.556. The van der Waals surface area contributed by atoms with Gasteiger partial charge in [0.2, 0.25) is 4.77 Å². The monoisotopic (exact) mass is 331 g/mol. The molecule has 1 aromatic heterocycles. The molecule has 4 nitrogen and oxygen atoms in total. The molecule has 0 aliphatic carbocycles. The number of nitrogens with zero attached hydrogens (tertiary/aromatic N) is 3. The van der Waals surface area contributed by atoms with Crippen molar-refractivity contribution in [1.82, 2.24) is 14.3 Å². The van der Waals surface area contributed by atoms with Crippen LogP contribution in [0.5, 0.6) is 0 Å². The molecule has 1 atom stereocenters. The smallest absolute Gasteiger partial charge is 0.202 e. The van der Waals surface area contributed by atoms with Crippen molar-refractivity contribution in [3.63, 3.8) is 0 Å². The molecule has 23 heavy (non-hydrogen) atoms. The molecule has 1 aliphatic rings. The van der Waals surface area contributed by atoms with E-state index < -0.39 is 0 Å². The SMILES string of the molecule is Cc1ccc(C[NH+](C)Cn2nc3n(c2=S)CCCCC3)c(C)c1. The van der Waals surface area contributed by atoms with Gasteiger partial charge in [-0.25, -0.2) is 0 Å². The summed E-state index contributed by atoms with van der Waals surface area (Å²) in [6, 6.07) is 6.70. The highest BCUT2D eigenvalue weighted by Gasteiger charge is 2.16. The molecule has 0 bridgehead atoms. The molecule has 124 valence electrons. The number of rotatable bonds is 4. The van der Waals surface area contributed by atoms with Crippen LogP contribution in [0, 0.1) is 18.6 Å². The second-order valence-electron chi connectivity index (χ2n) is 6.88. The summed E-state index contributed by atoms with van der Waals surface area (Å²) in [7, 11) is 2.21. The normalized spacial score (nSPS) is 16.0. The van der Waals surface area contributed by atoms with Gasteiger partial charge in [0.15, 0.2) is 6.67 Å². The zero-order valence-corrected chi connectivity index (χ0v) is 15.2. The lowest BCUT2D eigenvalue weighted by Crippen LogP contribution is -3.07. The maximum atomic E-state index is 5.65. The molecule has 5 heteroatoms. The van der Waals surface area contributed by atoms with Crippen molar-refractivity contribution < 1.29 is 4.90 Å². The van der Waals surface area contributed by atoms with E-state index in [1.54, 1.807) is 0 Å². The summed E-state index contributed by atoms with van der Waals surface area (Å²) in [5.41, 5.74) is 4.10. The van der Waals surface area contributed by atoms with Gasteiger partial charge >= 0.3 is 0 Å². The molecule has 3 rings (SSSR count). The average Bonchev–Trinajstić information content (AvgIpc) is 2.68. The van der Waals surface area contributed by atoms with Crippen molar-refractivity contribution in [3.8, 4) is 0 Å². The van der Waals surface area contributed by atoms with Gasteiger partial charge in [-0.2, -0.15) is 9.78 Å². The third-order valence-electron chi connectivity index (χ3n) is 4.69. The lowest BCUT2D eigenvalue weighted by atomic mass is 10.1. The summed E-state index contributed by atoms with van der Waals surface area (Å²) >= 11 is 5.65. The Labute approximate surface area is 143 Å². The number of benzene rings is 1. The van der Waals surface area contributed by atoms with Crippen LogP contribution in [0.4, 0.5) is 0 Å². The Balaban J connectivity index is 1.73. The molecule has 0 saturated heterocycles. The molecule has 1 N–H and O–H groups in total. The summed E-state index contributed by atoms with van der Waals surface area (Å²) in [5.74, 6) is 1.17. The molecular formula is C18H27N4S+. The lowest BCUT2D eigenvalue weighted by Gasteiger charge is -2.15. The van der Waals surface area contributed by atoms with E-state index in [-0.39, 0.29) is 0 Å². The Hall–Kier alpha value is -1.46. The van der Waals surface area contributed by atoms with E-state index in [1.807, 2.05) is 4.68 Å². The van der Waals surface area contributed by atoms with Crippen LogP contribution in [0.2, 0.25) is 0 Å². The summed E-state index contributed by atoms with van der Waals surface area (Å²) in [4.78, 5) is 1.40. The van der Waals surface area contributed by atoms with E-state index in [2.05, 4.69) is 43.7 Å². The Kier molecular flexibility index (Phi) is 4.97. The molecule has 0 radical (unpaired) electrons. The van der Waals surface area contributed by atoms with Gasteiger partial charge in [-0.15, -0.1) is 0 Å². The van der Waals surface area contributed by atoms with Crippen LogP contribution in [0.1, 0.15) is 41.8 Å². The summed E-state index contributed by atoms with van der Waals surface area (Å²) in [6.45, 7) is 7.19. The molecule has 1 unspecified atom stereocenters. The second kappa shape index (κ2) is 6.97. The number of hydrogen-bond donors (Lipinski definition) is 1. The number of fused-ring (bicyclic) bond motifs is 1. The van der Waals surface area contributed by atoms with E-state index in [1.165, 1.54) is 46.7 Å². The Bertz CT molecular complexity index is 744. The molecule has 0 fully saturated rings. The van der Waals surface area contributed by atoms with E-state index in [4.69, 9.17) is 17.3 Å². The van der Waals surface area contributed by atoms with Gasteiger partial charge in [0, 0.05) is 18.5 Å². The third-order valence-corrected chi connectivity index (χ3v) is 5.12. The van der Waals surface area contributed by atoms with E-state index in [0.29, 0.717) is 0 Å². The first-order chi connectivity index (χ1) is 11.0. The fourth-order valence-corrected chi connectivity index (χ4v) is 3.71. The average molecular weight is 332 g/mol. The Morgan fingerprint density at radius 2 is 2.04 bits per heavy atom. The van der Waals surface area contributed by atoms with E-state index >= 15 is 0 Å². The van der Waals surface area contributed by atoms with Gasteiger partial charge in [-0.1, -0.05) is 30.2 Å². The fourth-order valence-electron chi connectivity index (χ4n) is 3.41. The first kappa shape index (κ1) is 16.4. The maximum absolute atomic E-state index is 5.65. The van der Waals surface area contributed by atoms with Gasteiger partial charge in [0.05, 0.1) is 7.05 Å². The van der Waals surface area contributed by atoms with Crippen LogP contribution in [-0.2, 0) is 26.2 Å². The summed E-state index contributed by atoms with van der Waals surface area (Å²) in [6.07, 6.45) is 4.80. The van der Waals surface area contributed by atoms with Gasteiger partial charge in [0.1, 0.15) is 12.4 Å². The minimum atomic E-state index is 0.826. The quantitative estimate of drug-likeness (QED) is 0.871. The van der Waals surface area contributed by atoms with Gasteiger partial charge in [-0.05, 0) is 44.5 Å². The van der Waals surface area contributed by atoms with Gasteiger partial charge in [-0.3, -0.25) is 0 Å². The third kappa shape index (κ3) is 3.72. The first-order valence-corrected chi connectivity index (χ1v) is 8.99. The topological polar surface area (TPSA) is 27.2 Å². The maximum Gasteiger partial charge on any atom is 0.202 e. The Morgan fingerprint density at radius 1 is 1.22 bits per heavy atom. The minimum Gasteiger partial charge on any atom is -0.315 e. The summed E-state index contributed by atoms with van der Waals surface area (Å²) < 4.78 is 5.16. The number of quaternary nitrogens is 1. The van der Waals surface area contributed by atoms with Crippen molar-refractivity contribution >= 4 is 12.2 Å². The van der Waals surface area contributed by atoms with Crippen LogP contribution < -0.4 is 4.90 Å². The largest absolute Gasteiger partial charge is 0.315 e. The highest BCUT2D eigenvalue weighted by atomic mass is 32.1. The molecule has 1 aliphatic heterocycles. The first-order valence-electron chi connectivity index (χ1n) is 8.58. The molecule has 0 saturated carbocycles. The predicted molar refractivity (Wildman–Crippen MR) is 95.1 cm³/mol. The Morgan fingerprint density at radius 3 is 2.83 bits per heavy atom. The minimum absolute atomic E-state index is 0.826. The summed E-state index contributed by atoms with van der Waals surface area (Å²) in [5, 5.41) is 4.78. The van der Waals surface area contributed by atoms with E-state index in [9.17, 15) is 0 Å². The zero-order chi connectivity index (χ0) is 16.4. The van der Waals surface area contributed by atoms with Crippen LogP contribution in [0.15, 0.2) is 18.2 Å². The predicted octanol–water partition coefficient (Wildman–Crippen LogP) is 2.43. The van der Waals surface area contributed by atoms with Crippen molar-refractivity contribution in [1.29, 1.82) is 0 Å². The number of aromatic nitrogens is 3. The number of nitrogens with one attached hydrogen (secondary N) is 1. The molecule has 1 aromatic carbocycles. The highest BCUT2D eigenvalue weighted by Crippen LogP contribution is 2.13. The zero-order valence-electron chi connectivity index (χ0n) is 14.4. The van der Waals surface area contributed by atoms with Gasteiger partial charge < -0.3 is 9.47 Å². The molecule has 2 heterocycles. The van der Waals surface area contributed by atoms with Crippen molar-refractivity contribution in [3.05, 3.63) is 45.5 Å². The standard InChI is InChI=1S/C18H26N4S/c1-14-8-9-16(15(2)11-14)12-20(3)13-22-18(23)21-10-6-4-5-7-17(21)19-22/h8-9,11H,4-7,10,12-13H2,1-3H3/p+1. The van der Waals surface area contributed by atoms with Gasteiger partial charge in [0.25, 0.3) is 0 Å². The lowest BCUT2D eigenvalue weighted by molar-refractivity contribution is -0.917. The van der Waals surface area contributed by atoms with Crippen LogP contribution in [0.25, 0.3) is 0 Å². The molecule has 0 amide bonds. The second-order valence-corrected chi connectivity index (χ2v) is 7.25. The molecule has 0 spiro atoms.